The monoisotopic (exact) mass is 261 g/mol. The van der Waals surface area contributed by atoms with Crippen LogP contribution in [0.15, 0.2) is 21.3 Å². The molecule has 19 heavy (non-hydrogen) atoms. The first-order chi connectivity index (χ1) is 9.29. The third kappa shape index (κ3) is 2.30. The van der Waals surface area contributed by atoms with Gasteiger partial charge in [0, 0.05) is 6.04 Å². The lowest BCUT2D eigenvalue weighted by Crippen LogP contribution is -2.34. The van der Waals surface area contributed by atoms with Crippen molar-refractivity contribution in [3.63, 3.8) is 0 Å². The van der Waals surface area contributed by atoms with Crippen molar-refractivity contribution < 1.29 is 8.94 Å². The van der Waals surface area contributed by atoms with Gasteiger partial charge >= 0.3 is 0 Å². The summed E-state index contributed by atoms with van der Waals surface area (Å²) in [6, 6.07) is 2.31. The van der Waals surface area contributed by atoms with Crippen LogP contribution in [-0.4, -0.2) is 23.2 Å². The number of rotatable bonds is 3. The van der Waals surface area contributed by atoms with Crippen LogP contribution in [0.5, 0.6) is 0 Å². The van der Waals surface area contributed by atoms with E-state index in [2.05, 4.69) is 15.5 Å². The van der Waals surface area contributed by atoms with E-state index in [0.717, 1.165) is 23.6 Å². The summed E-state index contributed by atoms with van der Waals surface area (Å²) in [5, 5.41) is 7.45. The van der Waals surface area contributed by atoms with Gasteiger partial charge in [-0.25, -0.2) is 0 Å². The summed E-state index contributed by atoms with van der Waals surface area (Å²) in [7, 11) is 2.00. The third-order valence-corrected chi connectivity index (χ3v) is 4.00. The Kier molecular flexibility index (Phi) is 3.38. The minimum atomic E-state index is 0.326. The number of aromatic nitrogens is 2. The van der Waals surface area contributed by atoms with Gasteiger partial charge in [0.2, 0.25) is 11.7 Å². The zero-order valence-corrected chi connectivity index (χ0v) is 11.3. The van der Waals surface area contributed by atoms with Crippen molar-refractivity contribution in [1.82, 2.24) is 15.5 Å². The molecule has 102 valence electrons. The second kappa shape index (κ2) is 5.17. The Morgan fingerprint density at radius 3 is 2.89 bits per heavy atom. The van der Waals surface area contributed by atoms with E-state index in [9.17, 15) is 0 Å². The molecule has 0 amide bonds. The molecule has 5 nitrogen and oxygen atoms in total. The molecule has 2 heterocycles. The summed E-state index contributed by atoms with van der Waals surface area (Å²) in [6.07, 6.45) is 6.42. The van der Waals surface area contributed by atoms with Gasteiger partial charge in [0.05, 0.1) is 17.7 Å². The molecule has 0 aromatic carbocycles. The van der Waals surface area contributed by atoms with Crippen molar-refractivity contribution in [3.8, 4) is 11.4 Å². The summed E-state index contributed by atoms with van der Waals surface area (Å²) < 4.78 is 10.8. The molecule has 5 heteroatoms. The number of nitrogens with one attached hydrogen (secondary N) is 1. The summed E-state index contributed by atoms with van der Waals surface area (Å²) in [5.74, 6) is 2.52. The van der Waals surface area contributed by atoms with E-state index in [1.54, 1.807) is 6.26 Å². The molecule has 2 aromatic heterocycles. The summed E-state index contributed by atoms with van der Waals surface area (Å²) in [6.45, 7) is 1.91. The van der Waals surface area contributed by atoms with Crippen molar-refractivity contribution in [1.29, 1.82) is 0 Å². The maximum Gasteiger partial charge on any atom is 0.231 e. The van der Waals surface area contributed by atoms with E-state index >= 15 is 0 Å². The Labute approximate surface area is 112 Å². The minimum Gasteiger partial charge on any atom is -0.469 e. The van der Waals surface area contributed by atoms with E-state index in [-0.39, 0.29) is 0 Å². The van der Waals surface area contributed by atoms with Gasteiger partial charge in [0.1, 0.15) is 5.76 Å². The smallest absolute Gasteiger partial charge is 0.231 e. The molecular weight excluding hydrogens is 242 g/mol. The first kappa shape index (κ1) is 12.4. The Hall–Kier alpha value is -1.62. The van der Waals surface area contributed by atoms with E-state index < -0.39 is 0 Å². The highest BCUT2D eigenvalue weighted by Gasteiger charge is 2.30. The van der Waals surface area contributed by atoms with E-state index in [4.69, 9.17) is 8.94 Å². The topological polar surface area (TPSA) is 64.1 Å². The predicted molar refractivity (Wildman–Crippen MR) is 70.8 cm³/mol. The highest BCUT2D eigenvalue weighted by molar-refractivity contribution is 5.56. The molecule has 1 N–H and O–H groups in total. The zero-order chi connectivity index (χ0) is 13.2. The van der Waals surface area contributed by atoms with E-state index in [1.807, 2.05) is 20.0 Å². The largest absolute Gasteiger partial charge is 0.469 e. The van der Waals surface area contributed by atoms with Crippen molar-refractivity contribution in [2.75, 3.05) is 7.05 Å². The first-order valence-electron chi connectivity index (χ1n) is 6.85. The fourth-order valence-electron chi connectivity index (χ4n) is 2.88. The molecule has 1 saturated carbocycles. The van der Waals surface area contributed by atoms with Crippen LogP contribution in [-0.2, 0) is 0 Å². The summed E-state index contributed by atoms with van der Waals surface area (Å²) in [5.41, 5.74) is 0.909. The van der Waals surface area contributed by atoms with Crippen molar-refractivity contribution >= 4 is 0 Å². The van der Waals surface area contributed by atoms with Gasteiger partial charge in [-0.05, 0) is 32.9 Å². The maximum atomic E-state index is 5.47. The highest BCUT2D eigenvalue weighted by Crippen LogP contribution is 2.33. The lowest BCUT2D eigenvalue weighted by atomic mass is 9.84. The molecule has 0 bridgehead atoms. The molecule has 0 radical (unpaired) electrons. The van der Waals surface area contributed by atoms with Crippen LogP contribution in [0.4, 0.5) is 0 Å². The minimum absolute atomic E-state index is 0.326. The van der Waals surface area contributed by atoms with Crippen LogP contribution >= 0.6 is 0 Å². The van der Waals surface area contributed by atoms with Crippen LogP contribution in [0, 0.1) is 6.92 Å². The first-order valence-corrected chi connectivity index (χ1v) is 6.85. The standard InChI is InChI=1S/C14H19N3O2/c1-9-10(7-8-18-9)13-16-14(19-17-13)11-5-3-4-6-12(11)15-2/h7-8,11-12,15H,3-6H2,1-2H3. The number of aryl methyl sites for hydroxylation is 1. The van der Waals surface area contributed by atoms with E-state index in [0.29, 0.717) is 17.8 Å². The average Bonchev–Trinajstić information content (AvgIpc) is 3.07. The molecule has 1 aliphatic rings. The summed E-state index contributed by atoms with van der Waals surface area (Å²) >= 11 is 0. The lowest BCUT2D eigenvalue weighted by molar-refractivity contribution is 0.270. The Balaban J connectivity index is 1.86. The van der Waals surface area contributed by atoms with Crippen LogP contribution in [0.3, 0.4) is 0 Å². The van der Waals surface area contributed by atoms with Crippen LogP contribution in [0.2, 0.25) is 0 Å². The van der Waals surface area contributed by atoms with Crippen molar-refractivity contribution in [2.24, 2.45) is 0 Å². The number of furan rings is 1. The third-order valence-electron chi connectivity index (χ3n) is 4.00. The Bertz CT molecular complexity index is 546. The summed E-state index contributed by atoms with van der Waals surface area (Å²) in [4.78, 5) is 4.56. The molecule has 0 spiro atoms. The Morgan fingerprint density at radius 1 is 1.32 bits per heavy atom. The fraction of sp³-hybridized carbons (Fsp3) is 0.571. The van der Waals surface area contributed by atoms with Gasteiger partial charge in [0.25, 0.3) is 0 Å². The SMILES string of the molecule is CNC1CCCCC1c1nc(-c2ccoc2C)no1. The lowest BCUT2D eigenvalue weighted by Gasteiger charge is -2.28. The number of hydrogen-bond acceptors (Lipinski definition) is 5. The molecule has 2 aromatic rings. The Morgan fingerprint density at radius 2 is 2.16 bits per heavy atom. The molecule has 1 aliphatic carbocycles. The molecule has 1 fully saturated rings. The predicted octanol–water partition coefficient (Wildman–Crippen LogP) is 2.88. The van der Waals surface area contributed by atoms with Crippen LogP contribution in [0.25, 0.3) is 11.4 Å². The highest BCUT2D eigenvalue weighted by atomic mass is 16.5. The molecule has 0 aliphatic heterocycles. The average molecular weight is 261 g/mol. The number of nitrogens with zero attached hydrogens (tertiary/aromatic N) is 2. The normalized spacial score (nSPS) is 23.7. The zero-order valence-electron chi connectivity index (χ0n) is 11.3. The van der Waals surface area contributed by atoms with Gasteiger partial charge in [-0.1, -0.05) is 18.0 Å². The van der Waals surface area contributed by atoms with E-state index in [1.165, 1.54) is 19.3 Å². The van der Waals surface area contributed by atoms with Gasteiger partial charge in [-0.3, -0.25) is 0 Å². The second-order valence-electron chi connectivity index (χ2n) is 5.13. The quantitative estimate of drug-likeness (QED) is 0.920. The molecule has 2 atom stereocenters. The number of hydrogen-bond donors (Lipinski definition) is 1. The molecule has 3 rings (SSSR count). The van der Waals surface area contributed by atoms with Crippen LogP contribution < -0.4 is 5.32 Å². The van der Waals surface area contributed by atoms with Crippen molar-refractivity contribution in [3.05, 3.63) is 24.0 Å². The second-order valence-corrected chi connectivity index (χ2v) is 5.13. The van der Waals surface area contributed by atoms with Gasteiger partial charge in [0.15, 0.2) is 0 Å². The van der Waals surface area contributed by atoms with Crippen LogP contribution in [0.1, 0.15) is 43.3 Å². The molecular formula is C14H19N3O2. The van der Waals surface area contributed by atoms with Gasteiger partial charge < -0.3 is 14.3 Å². The molecule has 0 saturated heterocycles. The van der Waals surface area contributed by atoms with Gasteiger partial charge in [-0.15, -0.1) is 0 Å². The van der Waals surface area contributed by atoms with Crippen molar-refractivity contribution in [2.45, 2.75) is 44.6 Å². The number of likely N-dealkylation sites (N-methyl/N-ethyl adjacent to an activating group) is 1. The van der Waals surface area contributed by atoms with Gasteiger partial charge in [-0.2, -0.15) is 4.98 Å². The maximum absolute atomic E-state index is 5.47. The fourth-order valence-corrected chi connectivity index (χ4v) is 2.88. The molecule has 2 unspecified atom stereocenters.